The Labute approximate surface area is 738 Å². The fraction of sp³-hybridized carbons (Fsp3) is 0.892. The lowest BCUT2D eigenvalue weighted by atomic mass is 9.69. The Balaban J connectivity index is -0.00000112. The Morgan fingerprint density at radius 3 is 0.769 bits per heavy atom. The number of amides is 1. The van der Waals surface area contributed by atoms with Gasteiger partial charge in [-0.15, -0.1) is 0 Å². The zero-order valence-electron chi connectivity index (χ0n) is 74.1. The van der Waals surface area contributed by atoms with Crippen LogP contribution in [-0.2, 0) is 157 Å². The number of alkyl carbamates (subject to hydrolysis) is 1. The molecule has 0 aromatic carbocycles. The van der Waals surface area contributed by atoms with Gasteiger partial charge in [-0.05, 0) is 140 Å². The molecular formula is C83H156Br2N2O34. The smallest absolute Gasteiger partial charge is 0.407 e. The summed E-state index contributed by atoms with van der Waals surface area (Å²) in [5, 5.41) is 2.54. The Morgan fingerprint density at radius 2 is 0.521 bits per heavy atom. The van der Waals surface area contributed by atoms with Gasteiger partial charge in [-0.2, -0.15) is 0 Å². The molecule has 3 N–H and O–H groups in total. The van der Waals surface area contributed by atoms with Gasteiger partial charge in [0.05, 0.1) is 254 Å². The standard InChI is InChI=1S/C43H78BrNO18.C38H70BrNO16.2CH4/c1-40(2,3)63-39(50)45-14-16-61-37(48)42(6,33-41(4,5)36(47)60-15-12-10-11-13-35(46)52-9)34-43(7,44)38(49)62-32-31-59-30-29-58-28-27-57-26-25-56-24-23-55-22-21-54-20-19-53-18-17-51-8;1-36(2,33(42)54-12-9-7-8-10-32(41)46-6)30-37(3,34(43)55-13-11-40)31-38(4,39)35(44)56-29-28-53-27-26-52-25-24-51-23-22-50-21-20-49-19-18-48-17-16-47-15-14-45-5;;/h10-34H2,1-9H3,(H,45,50);7-31,40H2,1-6H3;2*1H4. The quantitative estimate of drug-likeness (QED) is 0.0248. The molecule has 121 heavy (non-hydrogen) atoms. The second kappa shape index (κ2) is 76.5. The number of nitrogens with one attached hydrogen (secondary N) is 1. The summed E-state index contributed by atoms with van der Waals surface area (Å²) in [7, 11) is 5.93. The Bertz CT molecular complexity index is 2620. The lowest BCUT2D eigenvalue weighted by Crippen LogP contribution is -2.45. The zero-order valence-corrected chi connectivity index (χ0v) is 77.2. The van der Waals surface area contributed by atoms with Crippen LogP contribution in [0.5, 0.6) is 0 Å². The number of hydrogen-bond acceptors (Lipinski definition) is 35. The van der Waals surface area contributed by atoms with Crippen molar-refractivity contribution in [3.63, 3.8) is 0 Å². The number of unbranched alkanes of at least 4 members (excludes halogenated alkanes) is 4. The highest BCUT2D eigenvalue weighted by atomic mass is 79.9. The van der Waals surface area contributed by atoms with Crippen LogP contribution in [0.3, 0.4) is 0 Å². The van der Waals surface area contributed by atoms with Gasteiger partial charge < -0.3 is 129 Å². The van der Waals surface area contributed by atoms with Crippen molar-refractivity contribution in [1.82, 2.24) is 5.32 Å². The lowest BCUT2D eigenvalue weighted by Gasteiger charge is -2.37. The van der Waals surface area contributed by atoms with Crippen LogP contribution < -0.4 is 11.1 Å². The molecule has 0 rings (SSSR count). The van der Waals surface area contributed by atoms with Gasteiger partial charge in [-0.1, -0.05) is 46.7 Å². The SMILES string of the molecule is C.C.COCCOCCOCCOCCOCCOCCOCCOCCOC(=O)C(C)(Br)CC(C)(CC(C)(C)C(=O)OCCCCCC(=O)OC)C(=O)OCCN.COCCOCCOCCOCCOCCOCCOCCOCCOC(=O)C(C)(Br)CC(C)(CC(C)(C)C(=O)OCCCCCC(=O)OC)C(=O)OCCNC(=O)OC(C)(C)C. The molecule has 1 amide bonds. The minimum absolute atomic E-state index is 0. The van der Waals surface area contributed by atoms with Crippen molar-refractivity contribution in [3.8, 4) is 0 Å². The number of esters is 8. The number of carbonyl (C=O) groups excluding carboxylic acids is 9. The van der Waals surface area contributed by atoms with E-state index in [9.17, 15) is 43.2 Å². The summed E-state index contributed by atoms with van der Waals surface area (Å²) in [5.74, 6) is -4.14. The van der Waals surface area contributed by atoms with Crippen molar-refractivity contribution < 1.29 is 162 Å². The first-order valence-electron chi connectivity index (χ1n) is 40.8. The molecule has 0 aliphatic carbocycles. The summed E-state index contributed by atoms with van der Waals surface area (Å²) in [6.07, 6.45) is 3.43. The molecule has 36 nitrogen and oxygen atoms in total. The fourth-order valence-electron chi connectivity index (χ4n) is 11.1. The minimum atomic E-state index is -1.40. The number of carbonyl (C=O) groups is 9. The van der Waals surface area contributed by atoms with E-state index in [1.165, 1.54) is 14.2 Å². The first-order chi connectivity index (χ1) is 56.5. The third-order valence-electron chi connectivity index (χ3n) is 16.6. The summed E-state index contributed by atoms with van der Waals surface area (Å²) in [4.78, 5) is 115. The Morgan fingerprint density at radius 1 is 0.281 bits per heavy atom. The first-order valence-corrected chi connectivity index (χ1v) is 42.4. The second-order valence-corrected chi connectivity index (χ2v) is 33.9. The maximum absolute atomic E-state index is 13.7. The van der Waals surface area contributed by atoms with Crippen LogP contribution in [0.15, 0.2) is 0 Å². The summed E-state index contributed by atoms with van der Waals surface area (Å²) in [5.41, 5.74) is -0.107. The second-order valence-electron chi connectivity index (χ2n) is 30.4. The summed E-state index contributed by atoms with van der Waals surface area (Å²) in [6.45, 7) is 31.3. The van der Waals surface area contributed by atoms with Gasteiger partial charge in [0.15, 0.2) is 0 Å². The number of alkyl halides is 2. The largest absolute Gasteiger partial charge is 0.469 e. The van der Waals surface area contributed by atoms with Gasteiger partial charge in [0.1, 0.15) is 40.7 Å². The van der Waals surface area contributed by atoms with Gasteiger partial charge in [0, 0.05) is 33.6 Å². The number of methoxy groups -OCH3 is 4. The molecular weight excluding hydrogens is 1730 g/mol. The Kier molecular flexibility index (Phi) is 77.6. The van der Waals surface area contributed by atoms with Crippen LogP contribution in [0.1, 0.15) is 168 Å². The van der Waals surface area contributed by atoms with E-state index < -0.39 is 77.8 Å². The number of ether oxygens (including phenoxy) is 25. The van der Waals surface area contributed by atoms with Crippen molar-refractivity contribution in [2.75, 3.05) is 279 Å². The molecule has 0 aromatic rings. The highest BCUT2D eigenvalue weighted by Gasteiger charge is 2.51. The van der Waals surface area contributed by atoms with E-state index in [0.717, 1.165) is 0 Å². The molecule has 4 unspecified atom stereocenters. The van der Waals surface area contributed by atoms with Crippen molar-refractivity contribution in [2.45, 2.75) is 182 Å². The minimum Gasteiger partial charge on any atom is -0.469 e. The van der Waals surface area contributed by atoms with Crippen LogP contribution in [0.25, 0.3) is 0 Å². The number of halogens is 2. The third-order valence-corrected chi connectivity index (χ3v) is 17.8. The molecule has 0 saturated heterocycles. The van der Waals surface area contributed by atoms with Gasteiger partial charge >= 0.3 is 53.8 Å². The van der Waals surface area contributed by atoms with Gasteiger partial charge in [0.25, 0.3) is 0 Å². The maximum Gasteiger partial charge on any atom is 0.407 e. The van der Waals surface area contributed by atoms with Gasteiger partial charge in [-0.3, -0.25) is 38.4 Å². The van der Waals surface area contributed by atoms with E-state index in [1.807, 2.05) is 0 Å². The predicted molar refractivity (Wildman–Crippen MR) is 456 cm³/mol. The molecule has 716 valence electrons. The van der Waals surface area contributed by atoms with Crippen LogP contribution in [0.4, 0.5) is 4.79 Å². The van der Waals surface area contributed by atoms with E-state index >= 15 is 0 Å². The molecule has 0 radical (unpaired) electrons. The molecule has 0 bridgehead atoms. The number of nitrogens with two attached hydrogens (primary N) is 1. The van der Waals surface area contributed by atoms with Gasteiger partial charge in [-0.25, -0.2) is 4.79 Å². The van der Waals surface area contributed by atoms with Crippen molar-refractivity contribution in [2.24, 2.45) is 27.4 Å². The Hall–Kier alpha value is -4.69. The molecule has 0 fully saturated rings. The van der Waals surface area contributed by atoms with Crippen LogP contribution in [0.2, 0.25) is 0 Å². The molecule has 0 aromatic heterocycles. The van der Waals surface area contributed by atoms with Crippen molar-refractivity contribution >= 4 is 85.7 Å². The van der Waals surface area contributed by atoms with E-state index in [0.29, 0.717) is 223 Å². The highest BCUT2D eigenvalue weighted by Crippen LogP contribution is 2.46. The molecule has 38 heteroatoms. The van der Waals surface area contributed by atoms with E-state index in [2.05, 4.69) is 46.7 Å². The average Bonchev–Trinajstić information content (AvgIpc) is 0.795. The monoisotopic (exact) mass is 1880 g/mol. The lowest BCUT2D eigenvalue weighted by molar-refractivity contribution is -0.166. The molecule has 0 aliphatic heterocycles. The topological polar surface area (TPSA) is 422 Å². The van der Waals surface area contributed by atoms with Crippen molar-refractivity contribution in [3.05, 3.63) is 0 Å². The fourth-order valence-corrected chi connectivity index (χ4v) is 12.5. The summed E-state index contributed by atoms with van der Waals surface area (Å²) in [6, 6.07) is 0. The van der Waals surface area contributed by atoms with Crippen molar-refractivity contribution in [1.29, 1.82) is 0 Å². The average molecular weight is 1890 g/mol. The summed E-state index contributed by atoms with van der Waals surface area (Å²) >= 11 is 6.93. The zero-order chi connectivity index (χ0) is 89.4. The van der Waals surface area contributed by atoms with Crippen LogP contribution in [-0.4, -0.2) is 347 Å². The molecule has 0 heterocycles. The van der Waals surface area contributed by atoms with Crippen LogP contribution >= 0.6 is 31.9 Å². The molecule has 0 spiro atoms. The van der Waals surface area contributed by atoms with Gasteiger partial charge in [0.2, 0.25) is 0 Å². The maximum atomic E-state index is 13.7. The van der Waals surface area contributed by atoms with E-state index in [-0.39, 0.29) is 131 Å². The van der Waals surface area contributed by atoms with Crippen LogP contribution in [0, 0.1) is 21.7 Å². The molecule has 0 aliphatic rings. The number of rotatable bonds is 79. The summed E-state index contributed by atoms with van der Waals surface area (Å²) < 4.78 is 131. The highest BCUT2D eigenvalue weighted by molar-refractivity contribution is 9.10. The van der Waals surface area contributed by atoms with E-state index in [4.69, 9.17) is 115 Å². The van der Waals surface area contributed by atoms with E-state index in [1.54, 1.807) is 90.4 Å². The first kappa shape index (κ1) is 123. The molecule has 0 saturated carbocycles. The molecule has 4 atom stereocenters. The normalized spacial score (nSPS) is 13.5. The predicted octanol–water partition coefficient (Wildman–Crippen LogP) is 8.91. The third kappa shape index (κ3) is 70.1. The number of hydrogen-bond donors (Lipinski definition) is 2.